The predicted octanol–water partition coefficient (Wildman–Crippen LogP) is 11.4. The average Bonchev–Trinajstić information content (AvgIpc) is 3.57. The second-order valence-corrected chi connectivity index (χ2v) is 59.8. The van der Waals surface area contributed by atoms with Gasteiger partial charge in [0.05, 0.1) is 43.1 Å². The highest BCUT2D eigenvalue weighted by Crippen LogP contribution is 2.36. The Hall–Kier alpha value is -0.188. The van der Waals surface area contributed by atoms with Crippen LogP contribution < -0.4 is 10.9 Å². The van der Waals surface area contributed by atoms with Crippen molar-refractivity contribution < 1.29 is 62.1 Å². The number of rotatable bonds is 42. The van der Waals surface area contributed by atoms with E-state index < -0.39 is 82.3 Å². The molecular weight excluding hydrogens is 1120 g/mol. The summed E-state index contributed by atoms with van der Waals surface area (Å²) >= 11 is 1.12. The van der Waals surface area contributed by atoms with Gasteiger partial charge in [-0.15, -0.1) is 0 Å². The van der Waals surface area contributed by atoms with E-state index in [1.165, 1.54) is 6.04 Å². The molecule has 1 amide bonds. The molecule has 27 heteroatoms. The summed E-state index contributed by atoms with van der Waals surface area (Å²) in [6, 6.07) is 11.5. The van der Waals surface area contributed by atoms with Crippen LogP contribution >= 0.6 is 11.5 Å². The molecule has 1 heterocycles. The van der Waals surface area contributed by atoms with Gasteiger partial charge in [-0.2, -0.15) is 3.96 Å². The van der Waals surface area contributed by atoms with Crippen molar-refractivity contribution in [3.8, 4) is 0 Å². The number of fused-ring (bicyclic) bond motifs is 1. The minimum absolute atomic E-state index is 0.0254. The Bertz CT molecular complexity index is 1960. The fourth-order valence-corrected chi connectivity index (χ4v) is 49.9. The van der Waals surface area contributed by atoms with E-state index in [0.717, 1.165) is 45.5 Å². The Morgan fingerprint density at radius 1 is 0.541 bits per heavy atom. The number of nitrogens with zero attached hydrogens (tertiary/aromatic N) is 1. The molecule has 4 unspecified atom stereocenters. The standard InChI is InChI=1S/C47H102N2O15SSi9/c1-19-56-74(57-20-2,58-21-3)43-27-42-71(16,60-68(10,11)12)64-73(18,40-25-33-54-36-37-55-34-30-48-47(52)49-46(51)44-28-22-23-29-45(44)65-49)62-69(13,14)61-72(17,39-24-32-53-35-31-50)63-70(15,59-67(7,8)9)41-26-38-66(4,5)6/h22-23,28-29,50H,19-21,24-27,30-43H2,1-18H3,(H,48,52). The number of amides is 1. The van der Waals surface area contributed by atoms with Crippen LogP contribution in [-0.4, -0.2) is 164 Å². The molecule has 0 spiro atoms. The lowest BCUT2D eigenvalue weighted by atomic mass is 10.3. The van der Waals surface area contributed by atoms with Crippen LogP contribution in [0.25, 0.3) is 10.1 Å². The van der Waals surface area contributed by atoms with Crippen molar-refractivity contribution in [1.82, 2.24) is 9.27 Å². The molecule has 0 aliphatic heterocycles. The largest absolute Gasteiger partial charge is 0.500 e. The lowest BCUT2D eigenvalue weighted by molar-refractivity contribution is 0.0491. The van der Waals surface area contributed by atoms with Gasteiger partial charge in [-0.1, -0.05) is 44.2 Å². The Balaban J connectivity index is 2.38. The van der Waals surface area contributed by atoms with Crippen LogP contribution in [0.2, 0.25) is 134 Å². The first kappa shape index (κ1) is 69.9. The zero-order chi connectivity index (χ0) is 56.0. The second-order valence-electron chi connectivity index (χ2n) is 23.2. The summed E-state index contributed by atoms with van der Waals surface area (Å²) < 4.78 is 82.7. The van der Waals surface area contributed by atoms with E-state index >= 15 is 0 Å². The van der Waals surface area contributed by atoms with Gasteiger partial charge in [-0.25, -0.2) is 4.79 Å². The van der Waals surface area contributed by atoms with Crippen LogP contribution in [0.4, 0.5) is 4.79 Å². The first-order valence-corrected chi connectivity index (χ1v) is 53.3. The van der Waals surface area contributed by atoms with Crippen molar-refractivity contribution in [3.63, 3.8) is 0 Å². The fraction of sp³-hybridized carbons (Fsp3) is 0.830. The van der Waals surface area contributed by atoms with E-state index in [-0.39, 0.29) is 31.9 Å². The molecule has 432 valence electrons. The second kappa shape index (κ2) is 32.3. The molecule has 1 aromatic heterocycles. The molecule has 0 bridgehead atoms. The van der Waals surface area contributed by atoms with Gasteiger partial charge >= 0.3 is 57.6 Å². The van der Waals surface area contributed by atoms with E-state index in [0.29, 0.717) is 82.2 Å². The number of aliphatic hydroxyl groups excluding tert-OH is 1. The maximum absolute atomic E-state index is 12.8. The van der Waals surface area contributed by atoms with Crippen molar-refractivity contribution >= 4 is 104 Å². The normalized spacial score (nSPS) is 16.5. The Labute approximate surface area is 460 Å². The number of aromatic nitrogens is 1. The molecule has 0 saturated carbocycles. The first-order valence-electron chi connectivity index (χ1n) is 27.1. The predicted molar refractivity (Wildman–Crippen MR) is 323 cm³/mol. The van der Waals surface area contributed by atoms with E-state index in [1.807, 2.05) is 32.9 Å². The van der Waals surface area contributed by atoms with Gasteiger partial charge in [0.1, 0.15) is 0 Å². The molecule has 0 fully saturated rings. The topological polar surface area (TPSA) is 182 Å². The Morgan fingerprint density at radius 2 is 0.973 bits per heavy atom. The number of benzene rings is 1. The molecule has 1 aromatic carbocycles. The molecule has 4 atom stereocenters. The number of ether oxygens (including phenoxy) is 3. The number of aliphatic hydroxyl groups is 1. The molecule has 0 aliphatic rings. The van der Waals surface area contributed by atoms with E-state index in [4.69, 9.17) is 52.2 Å². The van der Waals surface area contributed by atoms with Gasteiger partial charge in [0.15, 0.2) is 16.6 Å². The van der Waals surface area contributed by atoms with E-state index in [9.17, 15) is 14.7 Å². The lowest BCUT2D eigenvalue weighted by Gasteiger charge is -2.46. The molecule has 2 rings (SSSR count). The Morgan fingerprint density at radius 3 is 1.42 bits per heavy atom. The minimum Gasteiger partial charge on any atom is -0.437 e. The maximum atomic E-state index is 12.8. The lowest BCUT2D eigenvalue weighted by Crippen LogP contribution is -2.63. The fourth-order valence-electron chi connectivity index (χ4n) is 9.22. The molecule has 0 saturated heterocycles. The van der Waals surface area contributed by atoms with Gasteiger partial charge in [0.2, 0.25) is 0 Å². The van der Waals surface area contributed by atoms with Crippen molar-refractivity contribution in [2.24, 2.45) is 0 Å². The zero-order valence-corrected chi connectivity index (χ0v) is 59.0. The summed E-state index contributed by atoms with van der Waals surface area (Å²) in [6.07, 6.45) is 3.22. The van der Waals surface area contributed by atoms with Crippen molar-refractivity contribution in [2.75, 3.05) is 72.6 Å². The third kappa shape index (κ3) is 28.3. The third-order valence-corrected chi connectivity index (χ3v) is 45.0. The molecule has 2 N–H and O–H groups in total. The van der Waals surface area contributed by atoms with Crippen LogP contribution in [0.5, 0.6) is 0 Å². The summed E-state index contributed by atoms with van der Waals surface area (Å²) in [7, 11) is -23.3. The first-order chi connectivity index (χ1) is 34.3. The highest BCUT2D eigenvalue weighted by atomic mass is 32.1. The highest BCUT2D eigenvalue weighted by molar-refractivity contribution is 7.14. The van der Waals surface area contributed by atoms with Gasteiger partial charge in [-0.3, -0.25) is 4.79 Å². The van der Waals surface area contributed by atoms with Crippen LogP contribution in [0.1, 0.15) is 46.5 Å². The number of hydrogen-bond acceptors (Lipinski definition) is 16. The molecule has 74 heavy (non-hydrogen) atoms. The van der Waals surface area contributed by atoms with Crippen molar-refractivity contribution in [3.05, 3.63) is 34.6 Å². The maximum Gasteiger partial charge on any atom is 0.500 e. The summed E-state index contributed by atoms with van der Waals surface area (Å²) in [4.78, 5) is 25.4. The van der Waals surface area contributed by atoms with Crippen molar-refractivity contribution in [2.45, 2.75) is 181 Å². The molecule has 0 aliphatic carbocycles. The quantitative estimate of drug-likeness (QED) is 0.0473. The summed E-state index contributed by atoms with van der Waals surface area (Å²) in [5, 5.41) is 12.8. The highest BCUT2D eigenvalue weighted by Gasteiger charge is 2.53. The van der Waals surface area contributed by atoms with Crippen molar-refractivity contribution in [1.29, 1.82) is 0 Å². The van der Waals surface area contributed by atoms with E-state index in [2.05, 4.69) is 104 Å². The summed E-state index contributed by atoms with van der Waals surface area (Å²) in [6.45, 7) is 43.6. The van der Waals surface area contributed by atoms with Gasteiger partial charge < -0.3 is 62.6 Å². The van der Waals surface area contributed by atoms with Crippen LogP contribution in [-0.2, 0) is 52.2 Å². The van der Waals surface area contributed by atoms with Crippen LogP contribution in [0.3, 0.4) is 0 Å². The SMILES string of the molecule is CCO[Si](CCC[Si](C)(O[Si](C)(C)C)O[Si](C)(CCCOCCOCCNC(=O)n1sc2ccccc2c1=O)O[Si](C)(C)O[Si](C)(CCCOCCO)O[Si](C)(CCC[Si](C)(C)C)O[Si](C)(C)C)(OCC)OCC. The number of carbonyl (C=O) groups excluding carboxylic acids is 1. The molecule has 2 aromatic rings. The monoisotopic (exact) mass is 1220 g/mol. The molecule has 17 nitrogen and oxygen atoms in total. The number of nitrogens with one attached hydrogen (secondary N) is 1. The van der Waals surface area contributed by atoms with Gasteiger partial charge in [0.25, 0.3) is 5.56 Å². The molecule has 0 radical (unpaired) electrons. The third-order valence-electron chi connectivity index (χ3n) is 11.2. The molecular formula is C47H102N2O15SSi9. The number of hydrogen-bond donors (Lipinski definition) is 2. The summed E-state index contributed by atoms with van der Waals surface area (Å²) in [5.41, 5.74) is -0.326. The Kier molecular flexibility index (Phi) is 30.5. The van der Waals surface area contributed by atoms with Crippen LogP contribution in [0.15, 0.2) is 29.1 Å². The smallest absolute Gasteiger partial charge is 0.437 e. The number of carbonyl (C=O) groups is 1. The van der Waals surface area contributed by atoms with Gasteiger partial charge in [-0.05, 0) is 166 Å². The van der Waals surface area contributed by atoms with E-state index in [1.54, 1.807) is 12.1 Å². The van der Waals surface area contributed by atoms with Gasteiger partial charge in [0, 0.05) is 53.7 Å². The average molecular weight is 1220 g/mol. The zero-order valence-electron chi connectivity index (χ0n) is 49.2. The summed E-state index contributed by atoms with van der Waals surface area (Å²) in [5.74, 6) is 0. The van der Waals surface area contributed by atoms with Crippen LogP contribution in [0, 0.1) is 0 Å². The minimum atomic E-state index is -3.14.